The molecule has 1 aromatic carbocycles. The normalized spacial score (nSPS) is 12.7. The Hall–Kier alpha value is -1.25. The van der Waals surface area contributed by atoms with Crippen LogP contribution < -0.4 is 5.73 Å². The number of nitrogens with two attached hydrogens (primary N) is 1. The molecule has 1 heterocycles. The van der Waals surface area contributed by atoms with E-state index in [1.165, 1.54) is 11.1 Å². The molecule has 0 saturated heterocycles. The monoisotopic (exact) mass is 262 g/mol. The Morgan fingerprint density at radius 2 is 2.11 bits per heavy atom. The standard InChI is InChI=1S/C15H19ClN2/c1-11-3-4-14(15(16)7-11)10-18-6-5-13(9-18)8-12(2)17/h3-7,9,12H,8,10,17H2,1-2H3. The lowest BCUT2D eigenvalue weighted by atomic mass is 10.1. The van der Waals surface area contributed by atoms with Crippen LogP contribution in [0.5, 0.6) is 0 Å². The summed E-state index contributed by atoms with van der Waals surface area (Å²) in [5.41, 5.74) is 9.40. The second-order valence-electron chi connectivity index (χ2n) is 4.97. The molecule has 0 fully saturated rings. The predicted molar refractivity (Wildman–Crippen MR) is 77.1 cm³/mol. The van der Waals surface area contributed by atoms with Gasteiger partial charge in [-0.05, 0) is 49.1 Å². The van der Waals surface area contributed by atoms with Crippen molar-refractivity contribution in [3.8, 4) is 0 Å². The Morgan fingerprint density at radius 3 is 2.78 bits per heavy atom. The summed E-state index contributed by atoms with van der Waals surface area (Å²) in [6.45, 7) is 4.87. The molecular weight excluding hydrogens is 244 g/mol. The van der Waals surface area contributed by atoms with E-state index in [2.05, 4.69) is 35.2 Å². The van der Waals surface area contributed by atoms with Gasteiger partial charge in [-0.3, -0.25) is 0 Å². The van der Waals surface area contributed by atoms with E-state index in [4.69, 9.17) is 17.3 Å². The fourth-order valence-corrected chi connectivity index (χ4v) is 2.35. The third kappa shape index (κ3) is 3.37. The van der Waals surface area contributed by atoms with Crippen molar-refractivity contribution in [1.29, 1.82) is 0 Å². The highest BCUT2D eigenvalue weighted by molar-refractivity contribution is 6.31. The van der Waals surface area contributed by atoms with Crippen LogP contribution in [0, 0.1) is 6.92 Å². The summed E-state index contributed by atoms with van der Waals surface area (Å²) in [5.74, 6) is 0. The molecule has 2 rings (SSSR count). The Bertz CT molecular complexity index is 529. The largest absolute Gasteiger partial charge is 0.350 e. The van der Waals surface area contributed by atoms with Crippen molar-refractivity contribution in [2.75, 3.05) is 0 Å². The molecule has 96 valence electrons. The van der Waals surface area contributed by atoms with E-state index >= 15 is 0 Å². The van der Waals surface area contributed by atoms with E-state index in [0.717, 1.165) is 23.6 Å². The second-order valence-corrected chi connectivity index (χ2v) is 5.38. The third-order valence-corrected chi connectivity index (χ3v) is 3.28. The molecule has 1 atom stereocenters. The average molecular weight is 263 g/mol. The molecule has 2 N–H and O–H groups in total. The van der Waals surface area contributed by atoms with Gasteiger partial charge in [0.2, 0.25) is 0 Å². The van der Waals surface area contributed by atoms with Crippen LogP contribution in [0.4, 0.5) is 0 Å². The molecule has 0 aliphatic heterocycles. The minimum Gasteiger partial charge on any atom is -0.350 e. The molecule has 2 aromatic rings. The van der Waals surface area contributed by atoms with Crippen molar-refractivity contribution in [2.24, 2.45) is 5.73 Å². The number of benzene rings is 1. The van der Waals surface area contributed by atoms with Crippen molar-refractivity contribution >= 4 is 11.6 Å². The highest BCUT2D eigenvalue weighted by Gasteiger charge is 2.04. The molecule has 0 spiro atoms. The lowest BCUT2D eigenvalue weighted by Gasteiger charge is -2.07. The van der Waals surface area contributed by atoms with Gasteiger partial charge in [-0.1, -0.05) is 23.7 Å². The van der Waals surface area contributed by atoms with Crippen LogP contribution in [0.25, 0.3) is 0 Å². The number of aromatic nitrogens is 1. The highest BCUT2D eigenvalue weighted by atomic mass is 35.5. The van der Waals surface area contributed by atoms with Gasteiger partial charge >= 0.3 is 0 Å². The smallest absolute Gasteiger partial charge is 0.0485 e. The molecule has 1 aromatic heterocycles. The van der Waals surface area contributed by atoms with Gasteiger partial charge in [-0.15, -0.1) is 0 Å². The summed E-state index contributed by atoms with van der Waals surface area (Å²) < 4.78 is 2.15. The summed E-state index contributed by atoms with van der Waals surface area (Å²) in [6, 6.07) is 8.49. The van der Waals surface area contributed by atoms with Crippen LogP contribution in [0.1, 0.15) is 23.6 Å². The fourth-order valence-electron chi connectivity index (χ4n) is 2.06. The minimum absolute atomic E-state index is 0.198. The zero-order valence-corrected chi connectivity index (χ0v) is 11.6. The van der Waals surface area contributed by atoms with Gasteiger partial charge in [0.05, 0.1) is 0 Å². The van der Waals surface area contributed by atoms with Gasteiger partial charge in [-0.25, -0.2) is 0 Å². The van der Waals surface area contributed by atoms with Crippen LogP contribution in [-0.4, -0.2) is 10.6 Å². The molecule has 2 nitrogen and oxygen atoms in total. The van der Waals surface area contributed by atoms with Gasteiger partial charge in [-0.2, -0.15) is 0 Å². The first-order chi connectivity index (χ1) is 8.54. The molecule has 0 aliphatic rings. The van der Waals surface area contributed by atoms with Gasteiger partial charge in [0.25, 0.3) is 0 Å². The maximum absolute atomic E-state index is 6.24. The predicted octanol–water partition coefficient (Wildman–Crippen LogP) is 3.39. The number of nitrogens with zero attached hydrogens (tertiary/aromatic N) is 1. The Kier molecular flexibility index (Phi) is 4.10. The molecule has 0 radical (unpaired) electrons. The van der Waals surface area contributed by atoms with Crippen LogP contribution >= 0.6 is 11.6 Å². The number of hydrogen-bond acceptors (Lipinski definition) is 1. The van der Waals surface area contributed by atoms with Crippen LogP contribution in [0.3, 0.4) is 0 Å². The molecular formula is C15H19ClN2. The fraction of sp³-hybridized carbons (Fsp3) is 0.333. The summed E-state index contributed by atoms with van der Waals surface area (Å²) in [6.07, 6.45) is 5.13. The number of halogens is 1. The topological polar surface area (TPSA) is 30.9 Å². The molecule has 0 amide bonds. The summed E-state index contributed by atoms with van der Waals surface area (Å²) in [4.78, 5) is 0. The van der Waals surface area contributed by atoms with Crippen molar-refractivity contribution in [2.45, 2.75) is 32.9 Å². The van der Waals surface area contributed by atoms with Crippen LogP contribution in [-0.2, 0) is 13.0 Å². The van der Waals surface area contributed by atoms with Crippen molar-refractivity contribution in [3.05, 3.63) is 58.4 Å². The average Bonchev–Trinajstić information content (AvgIpc) is 2.69. The number of hydrogen-bond donors (Lipinski definition) is 1. The van der Waals surface area contributed by atoms with Crippen molar-refractivity contribution in [1.82, 2.24) is 4.57 Å². The maximum Gasteiger partial charge on any atom is 0.0485 e. The first-order valence-corrected chi connectivity index (χ1v) is 6.57. The van der Waals surface area contributed by atoms with E-state index in [1.807, 2.05) is 19.9 Å². The maximum atomic E-state index is 6.24. The van der Waals surface area contributed by atoms with E-state index < -0.39 is 0 Å². The molecule has 0 bridgehead atoms. The first kappa shape index (κ1) is 13.2. The molecule has 1 unspecified atom stereocenters. The SMILES string of the molecule is Cc1ccc(Cn2ccc(CC(C)N)c2)c(Cl)c1. The first-order valence-electron chi connectivity index (χ1n) is 6.20. The van der Waals surface area contributed by atoms with E-state index in [1.54, 1.807) is 0 Å². The van der Waals surface area contributed by atoms with E-state index in [0.29, 0.717) is 0 Å². The van der Waals surface area contributed by atoms with E-state index in [9.17, 15) is 0 Å². The van der Waals surface area contributed by atoms with Crippen LogP contribution in [0.2, 0.25) is 5.02 Å². The van der Waals surface area contributed by atoms with Gasteiger partial charge in [0, 0.05) is 30.0 Å². The zero-order chi connectivity index (χ0) is 13.1. The number of rotatable bonds is 4. The molecule has 0 aliphatic carbocycles. The summed E-state index contributed by atoms with van der Waals surface area (Å²) in [7, 11) is 0. The van der Waals surface area contributed by atoms with Gasteiger partial charge in [0.15, 0.2) is 0 Å². The van der Waals surface area contributed by atoms with Gasteiger partial charge < -0.3 is 10.3 Å². The number of aryl methyl sites for hydroxylation is 1. The third-order valence-electron chi connectivity index (χ3n) is 2.93. The van der Waals surface area contributed by atoms with Gasteiger partial charge in [0.1, 0.15) is 0 Å². The molecule has 0 saturated carbocycles. The van der Waals surface area contributed by atoms with E-state index in [-0.39, 0.29) is 6.04 Å². The Morgan fingerprint density at radius 1 is 1.33 bits per heavy atom. The Balaban J connectivity index is 2.11. The van der Waals surface area contributed by atoms with Crippen molar-refractivity contribution < 1.29 is 0 Å². The second kappa shape index (κ2) is 5.59. The summed E-state index contributed by atoms with van der Waals surface area (Å²) >= 11 is 6.24. The van der Waals surface area contributed by atoms with Crippen LogP contribution in [0.15, 0.2) is 36.7 Å². The lowest BCUT2D eigenvalue weighted by molar-refractivity contribution is 0.732. The summed E-state index contributed by atoms with van der Waals surface area (Å²) in [5, 5.41) is 0.831. The minimum atomic E-state index is 0.198. The highest BCUT2D eigenvalue weighted by Crippen LogP contribution is 2.19. The molecule has 18 heavy (non-hydrogen) atoms. The zero-order valence-electron chi connectivity index (χ0n) is 10.9. The quantitative estimate of drug-likeness (QED) is 0.900. The Labute approximate surface area is 113 Å². The van der Waals surface area contributed by atoms with Crippen molar-refractivity contribution in [3.63, 3.8) is 0 Å². The molecule has 3 heteroatoms. The lowest BCUT2D eigenvalue weighted by Crippen LogP contribution is -2.17.